The normalized spacial score (nSPS) is 17.1. The second kappa shape index (κ2) is 8.84. The van der Waals surface area contributed by atoms with Crippen LogP contribution in [0.15, 0.2) is 52.7 Å². The molecule has 31 heavy (non-hydrogen) atoms. The molecule has 0 aliphatic carbocycles. The second-order valence-electron chi connectivity index (χ2n) is 6.88. The van der Waals surface area contributed by atoms with Gasteiger partial charge in [0.2, 0.25) is 15.9 Å². The zero-order valence-corrected chi connectivity index (χ0v) is 19.0. The second-order valence-corrected chi connectivity index (χ2v) is 10.4. The number of anilines is 1. The summed E-state index contributed by atoms with van der Waals surface area (Å²) in [4.78, 5) is 17.2. The van der Waals surface area contributed by atoms with Crippen molar-refractivity contribution in [2.75, 3.05) is 11.9 Å². The number of carbonyl (C=O) groups excluding carboxylic acids is 1. The number of sulfonamides is 1. The van der Waals surface area contributed by atoms with Crippen LogP contribution in [0, 0.1) is 5.82 Å². The van der Waals surface area contributed by atoms with Gasteiger partial charge >= 0.3 is 0 Å². The van der Waals surface area contributed by atoms with Crippen LogP contribution in [-0.2, 0) is 14.8 Å². The highest BCUT2D eigenvalue weighted by Crippen LogP contribution is 2.31. The van der Waals surface area contributed by atoms with Gasteiger partial charge in [-0.25, -0.2) is 17.8 Å². The molecular formula is C20H16Cl2FN3O3S2. The number of thiazole rings is 1. The molecule has 11 heteroatoms. The van der Waals surface area contributed by atoms with Gasteiger partial charge in [0.15, 0.2) is 5.13 Å². The maximum Gasteiger partial charge on any atom is 0.244 e. The maximum absolute atomic E-state index is 13.2. The summed E-state index contributed by atoms with van der Waals surface area (Å²) in [6.07, 6.45) is 0.933. The summed E-state index contributed by atoms with van der Waals surface area (Å²) < 4.78 is 40.2. The van der Waals surface area contributed by atoms with E-state index in [1.165, 1.54) is 23.5 Å². The van der Waals surface area contributed by atoms with E-state index < -0.39 is 27.8 Å². The van der Waals surface area contributed by atoms with Crippen molar-refractivity contribution >= 4 is 55.6 Å². The molecule has 1 saturated heterocycles. The van der Waals surface area contributed by atoms with Gasteiger partial charge in [-0.2, -0.15) is 4.31 Å². The Labute approximate surface area is 192 Å². The third-order valence-corrected chi connectivity index (χ3v) is 8.30. The van der Waals surface area contributed by atoms with Gasteiger partial charge in [0, 0.05) is 17.5 Å². The molecular weight excluding hydrogens is 484 g/mol. The molecule has 4 rings (SSSR count). The molecule has 1 atom stereocenters. The smallest absolute Gasteiger partial charge is 0.244 e. The molecule has 162 valence electrons. The lowest BCUT2D eigenvalue weighted by Crippen LogP contribution is -2.43. The van der Waals surface area contributed by atoms with Gasteiger partial charge in [-0.3, -0.25) is 4.79 Å². The molecule has 2 heterocycles. The standard InChI is InChI=1S/C20H16Cl2FN3O3S2/c21-15-8-3-12(10-16(15)22)17-11-30-20(24-17)25-19(27)18-2-1-9-26(18)31(28,29)14-6-4-13(23)5-7-14/h3-8,10-11,18H,1-2,9H2,(H,24,25,27). The van der Waals surface area contributed by atoms with Crippen LogP contribution in [0.3, 0.4) is 0 Å². The lowest BCUT2D eigenvalue weighted by molar-refractivity contribution is -0.119. The lowest BCUT2D eigenvalue weighted by atomic mass is 10.2. The fourth-order valence-electron chi connectivity index (χ4n) is 3.34. The largest absolute Gasteiger partial charge is 0.301 e. The number of halogens is 3. The van der Waals surface area contributed by atoms with Crippen molar-refractivity contribution in [3.63, 3.8) is 0 Å². The Morgan fingerprint density at radius 1 is 1.16 bits per heavy atom. The van der Waals surface area contributed by atoms with E-state index in [1.807, 2.05) is 0 Å². The van der Waals surface area contributed by atoms with Gasteiger partial charge < -0.3 is 5.32 Å². The average molecular weight is 500 g/mol. The summed E-state index contributed by atoms with van der Waals surface area (Å²) in [5.74, 6) is -0.991. The van der Waals surface area contributed by atoms with Gasteiger partial charge in [0.05, 0.1) is 20.6 Å². The lowest BCUT2D eigenvalue weighted by Gasteiger charge is -2.23. The van der Waals surface area contributed by atoms with Crippen molar-refractivity contribution in [2.45, 2.75) is 23.8 Å². The SMILES string of the molecule is O=C(Nc1nc(-c2ccc(Cl)c(Cl)c2)cs1)C1CCCN1S(=O)(=O)c1ccc(F)cc1. The third-order valence-electron chi connectivity index (χ3n) is 4.88. The summed E-state index contributed by atoms with van der Waals surface area (Å²) in [5.41, 5.74) is 1.36. The molecule has 1 fully saturated rings. The van der Waals surface area contributed by atoms with E-state index in [4.69, 9.17) is 23.2 Å². The first-order chi connectivity index (χ1) is 14.8. The fraction of sp³-hybridized carbons (Fsp3) is 0.200. The van der Waals surface area contributed by atoms with Gasteiger partial charge in [0.25, 0.3) is 0 Å². The predicted molar refractivity (Wildman–Crippen MR) is 120 cm³/mol. The van der Waals surface area contributed by atoms with E-state index in [0.717, 1.165) is 22.0 Å². The van der Waals surface area contributed by atoms with Gasteiger partial charge in [-0.15, -0.1) is 11.3 Å². The Morgan fingerprint density at radius 2 is 1.90 bits per heavy atom. The first-order valence-corrected chi connectivity index (χ1v) is 12.3. The Hall–Kier alpha value is -2.04. The first-order valence-electron chi connectivity index (χ1n) is 9.25. The van der Waals surface area contributed by atoms with Gasteiger partial charge in [0.1, 0.15) is 11.9 Å². The zero-order chi connectivity index (χ0) is 22.2. The minimum absolute atomic E-state index is 0.0512. The Bertz CT molecular complexity index is 1230. The highest BCUT2D eigenvalue weighted by molar-refractivity contribution is 7.89. The summed E-state index contributed by atoms with van der Waals surface area (Å²) in [6, 6.07) is 8.79. The third kappa shape index (κ3) is 4.61. The van der Waals surface area contributed by atoms with Crippen molar-refractivity contribution in [1.29, 1.82) is 0 Å². The topological polar surface area (TPSA) is 79.4 Å². The molecule has 0 saturated carbocycles. The predicted octanol–water partition coefficient (Wildman–Crippen LogP) is 5.05. The van der Waals surface area contributed by atoms with Crippen LogP contribution in [0.2, 0.25) is 10.0 Å². The van der Waals surface area contributed by atoms with Crippen LogP contribution in [0.25, 0.3) is 11.3 Å². The Balaban J connectivity index is 1.51. The molecule has 6 nitrogen and oxygen atoms in total. The zero-order valence-electron chi connectivity index (χ0n) is 15.9. The minimum atomic E-state index is -3.93. The fourth-order valence-corrected chi connectivity index (χ4v) is 6.02. The molecule has 1 aromatic heterocycles. The number of rotatable bonds is 5. The van der Waals surface area contributed by atoms with Crippen LogP contribution < -0.4 is 5.32 Å². The number of benzene rings is 2. The minimum Gasteiger partial charge on any atom is -0.301 e. The summed E-state index contributed by atoms with van der Waals surface area (Å²) in [5, 5.41) is 5.63. The maximum atomic E-state index is 13.2. The van der Waals surface area contributed by atoms with Crippen LogP contribution in [0.5, 0.6) is 0 Å². The number of nitrogens with zero attached hydrogens (tertiary/aromatic N) is 2. The van der Waals surface area contributed by atoms with Crippen LogP contribution >= 0.6 is 34.5 Å². The number of hydrogen-bond acceptors (Lipinski definition) is 5. The molecule has 1 aliphatic heterocycles. The molecule has 1 N–H and O–H groups in total. The molecule has 1 aliphatic rings. The Kier molecular flexibility index (Phi) is 6.32. The van der Waals surface area contributed by atoms with Crippen molar-refractivity contribution < 1.29 is 17.6 Å². The monoisotopic (exact) mass is 499 g/mol. The quantitative estimate of drug-likeness (QED) is 0.532. The van der Waals surface area contributed by atoms with Crippen molar-refractivity contribution in [1.82, 2.24) is 9.29 Å². The van der Waals surface area contributed by atoms with Crippen molar-refractivity contribution in [3.05, 3.63) is 63.7 Å². The molecule has 0 spiro atoms. The van der Waals surface area contributed by atoms with E-state index in [0.29, 0.717) is 33.7 Å². The van der Waals surface area contributed by atoms with Crippen molar-refractivity contribution in [2.24, 2.45) is 0 Å². The number of nitrogens with one attached hydrogen (secondary N) is 1. The van der Waals surface area contributed by atoms with E-state index in [2.05, 4.69) is 10.3 Å². The Morgan fingerprint density at radius 3 is 2.61 bits per heavy atom. The molecule has 1 amide bonds. The number of carbonyl (C=O) groups is 1. The molecule has 2 aromatic carbocycles. The highest BCUT2D eigenvalue weighted by atomic mass is 35.5. The summed E-state index contributed by atoms with van der Waals surface area (Å²) in [7, 11) is -3.93. The van der Waals surface area contributed by atoms with Gasteiger partial charge in [-0.05, 0) is 49.2 Å². The molecule has 3 aromatic rings. The van der Waals surface area contributed by atoms with E-state index in [9.17, 15) is 17.6 Å². The molecule has 1 unspecified atom stereocenters. The number of amides is 1. The summed E-state index contributed by atoms with van der Waals surface area (Å²) in [6.45, 7) is 0.212. The molecule has 0 radical (unpaired) electrons. The van der Waals surface area contributed by atoms with E-state index in [1.54, 1.807) is 23.6 Å². The number of aromatic nitrogens is 1. The van der Waals surface area contributed by atoms with E-state index in [-0.39, 0.29) is 11.4 Å². The number of hydrogen-bond donors (Lipinski definition) is 1. The van der Waals surface area contributed by atoms with E-state index >= 15 is 0 Å². The highest BCUT2D eigenvalue weighted by Gasteiger charge is 2.39. The van der Waals surface area contributed by atoms with Gasteiger partial charge in [-0.1, -0.05) is 29.3 Å². The van der Waals surface area contributed by atoms with Crippen molar-refractivity contribution in [3.8, 4) is 11.3 Å². The molecule has 0 bridgehead atoms. The van der Waals surface area contributed by atoms with Crippen LogP contribution in [0.1, 0.15) is 12.8 Å². The van der Waals surface area contributed by atoms with Crippen LogP contribution in [-0.4, -0.2) is 36.2 Å². The van der Waals surface area contributed by atoms with Crippen LogP contribution in [0.4, 0.5) is 9.52 Å². The first kappa shape index (κ1) is 22.2. The average Bonchev–Trinajstić information content (AvgIpc) is 3.40. The summed E-state index contributed by atoms with van der Waals surface area (Å²) >= 11 is 13.2.